The second kappa shape index (κ2) is 7.88. The van der Waals surface area contributed by atoms with Gasteiger partial charge < -0.3 is 10.0 Å². The van der Waals surface area contributed by atoms with Crippen molar-refractivity contribution in [2.24, 2.45) is 0 Å². The maximum Gasteiger partial charge on any atom is 0.294 e. The molecule has 2 rings (SSSR count). The van der Waals surface area contributed by atoms with E-state index in [0.717, 1.165) is 44.2 Å². The Morgan fingerprint density at radius 3 is 2.87 bits per heavy atom. The molecule has 124 valence electrons. The zero-order valence-electron chi connectivity index (χ0n) is 12.9. The zero-order chi connectivity index (χ0) is 16.8. The first-order valence-corrected chi connectivity index (χ1v) is 7.84. The Hall–Kier alpha value is -2.20. The fraction of sp³-hybridized carbons (Fsp3) is 0.562. The monoisotopic (exact) mass is 321 g/mol. The molecule has 23 heavy (non-hydrogen) atoms. The minimum atomic E-state index is -0.729. The highest BCUT2D eigenvalue weighted by molar-refractivity contribution is 5.66. The molecule has 0 aromatic heterocycles. The number of nitrogens with zero attached hydrogens (tertiary/aromatic N) is 3. The zero-order valence-corrected chi connectivity index (χ0v) is 12.9. The van der Waals surface area contributed by atoms with Crippen LogP contribution >= 0.6 is 0 Å². The van der Waals surface area contributed by atoms with Crippen LogP contribution in [0.1, 0.15) is 44.1 Å². The Bertz CT molecular complexity index is 615. The fourth-order valence-electron chi connectivity index (χ4n) is 3.12. The summed E-state index contributed by atoms with van der Waals surface area (Å²) in [5.41, 5.74) is -0.286. The molecule has 1 aliphatic heterocycles. The van der Waals surface area contributed by atoms with Crippen molar-refractivity contribution in [2.75, 3.05) is 18.1 Å². The van der Waals surface area contributed by atoms with Crippen molar-refractivity contribution in [2.45, 2.75) is 44.6 Å². The van der Waals surface area contributed by atoms with E-state index in [-0.39, 0.29) is 29.6 Å². The number of benzene rings is 1. The van der Waals surface area contributed by atoms with Crippen LogP contribution in [0.25, 0.3) is 0 Å². The highest BCUT2D eigenvalue weighted by atomic mass is 19.1. The number of aliphatic hydroxyl groups excluding tert-OH is 1. The SMILES string of the molecule is N#Cc1cc([N+](=O)[O-])c(N2CCCC[C@H]2CCCCO)cc1F. The molecule has 1 saturated heterocycles. The summed E-state index contributed by atoms with van der Waals surface area (Å²) in [4.78, 5) is 12.7. The third kappa shape index (κ3) is 3.96. The number of anilines is 1. The van der Waals surface area contributed by atoms with Crippen molar-refractivity contribution in [1.82, 2.24) is 0 Å². The summed E-state index contributed by atoms with van der Waals surface area (Å²) < 4.78 is 14.0. The summed E-state index contributed by atoms with van der Waals surface area (Å²) in [6.45, 7) is 0.758. The number of aliphatic hydroxyl groups is 1. The van der Waals surface area contributed by atoms with E-state index in [4.69, 9.17) is 10.4 Å². The van der Waals surface area contributed by atoms with Crippen LogP contribution in [-0.2, 0) is 0 Å². The van der Waals surface area contributed by atoms with E-state index >= 15 is 0 Å². The highest BCUT2D eigenvalue weighted by Gasteiger charge is 2.29. The molecule has 0 bridgehead atoms. The van der Waals surface area contributed by atoms with E-state index in [1.807, 2.05) is 4.90 Å². The van der Waals surface area contributed by atoms with E-state index in [2.05, 4.69) is 0 Å². The van der Waals surface area contributed by atoms with E-state index < -0.39 is 10.7 Å². The number of hydrogen-bond donors (Lipinski definition) is 1. The van der Waals surface area contributed by atoms with Crippen molar-refractivity contribution in [1.29, 1.82) is 5.26 Å². The lowest BCUT2D eigenvalue weighted by molar-refractivity contribution is -0.384. The summed E-state index contributed by atoms with van der Waals surface area (Å²) >= 11 is 0. The normalized spacial score (nSPS) is 17.8. The van der Waals surface area contributed by atoms with E-state index in [9.17, 15) is 14.5 Å². The van der Waals surface area contributed by atoms with Crippen LogP contribution in [-0.4, -0.2) is 29.2 Å². The molecule has 6 nitrogen and oxygen atoms in total. The molecule has 1 aromatic carbocycles. The van der Waals surface area contributed by atoms with Gasteiger partial charge >= 0.3 is 0 Å². The van der Waals surface area contributed by atoms with Crippen LogP contribution in [0.4, 0.5) is 15.8 Å². The predicted molar refractivity (Wildman–Crippen MR) is 83.7 cm³/mol. The third-order valence-electron chi connectivity index (χ3n) is 4.26. The first kappa shape index (κ1) is 17.2. The van der Waals surface area contributed by atoms with Crippen molar-refractivity contribution >= 4 is 11.4 Å². The van der Waals surface area contributed by atoms with Gasteiger partial charge in [-0.25, -0.2) is 4.39 Å². The molecule has 0 aliphatic carbocycles. The molecule has 1 heterocycles. The van der Waals surface area contributed by atoms with Gasteiger partial charge in [0, 0.05) is 31.3 Å². The second-order valence-electron chi connectivity index (χ2n) is 5.75. The van der Waals surface area contributed by atoms with E-state index in [1.54, 1.807) is 6.07 Å². The average Bonchev–Trinajstić information content (AvgIpc) is 2.55. The molecule has 0 saturated carbocycles. The van der Waals surface area contributed by atoms with Gasteiger partial charge in [-0.2, -0.15) is 5.26 Å². The number of piperidine rings is 1. The molecule has 1 N–H and O–H groups in total. The third-order valence-corrected chi connectivity index (χ3v) is 4.26. The maximum absolute atomic E-state index is 14.0. The standard InChI is InChI=1S/C16H20FN3O3/c17-14-10-15(16(20(22)23)9-12(14)11-18)19-7-3-1-5-13(19)6-2-4-8-21/h9-10,13,21H,1-8H2/t13-/m0/s1. The quantitative estimate of drug-likeness (QED) is 0.494. The summed E-state index contributed by atoms with van der Waals surface area (Å²) in [6, 6.07) is 3.88. The smallest absolute Gasteiger partial charge is 0.294 e. The van der Waals surface area contributed by atoms with Crippen molar-refractivity contribution < 1.29 is 14.4 Å². The highest BCUT2D eigenvalue weighted by Crippen LogP contribution is 2.36. The molecule has 1 atom stereocenters. The lowest BCUT2D eigenvalue weighted by Crippen LogP contribution is -2.40. The lowest BCUT2D eigenvalue weighted by atomic mass is 9.96. The molecule has 0 unspecified atom stereocenters. The average molecular weight is 321 g/mol. The van der Waals surface area contributed by atoms with Crippen molar-refractivity contribution in [3.8, 4) is 6.07 Å². The number of nitro groups is 1. The van der Waals surface area contributed by atoms with Gasteiger partial charge in [-0.05, 0) is 38.5 Å². The van der Waals surface area contributed by atoms with Crippen LogP contribution in [0, 0.1) is 27.3 Å². The van der Waals surface area contributed by atoms with Gasteiger partial charge in [0.25, 0.3) is 5.69 Å². The number of nitriles is 1. The minimum Gasteiger partial charge on any atom is -0.396 e. The number of unbranched alkanes of at least 4 members (excludes halogenated alkanes) is 1. The molecule has 1 aliphatic rings. The van der Waals surface area contributed by atoms with Gasteiger partial charge in [0.1, 0.15) is 17.6 Å². The Labute approximate surface area is 134 Å². The van der Waals surface area contributed by atoms with Gasteiger partial charge in [-0.3, -0.25) is 10.1 Å². The van der Waals surface area contributed by atoms with E-state index in [0.29, 0.717) is 13.0 Å². The van der Waals surface area contributed by atoms with Crippen LogP contribution in [0.5, 0.6) is 0 Å². The van der Waals surface area contributed by atoms with Gasteiger partial charge in [-0.15, -0.1) is 0 Å². The van der Waals surface area contributed by atoms with Gasteiger partial charge in [0.05, 0.1) is 10.5 Å². The van der Waals surface area contributed by atoms with Crippen LogP contribution in [0.15, 0.2) is 12.1 Å². The first-order valence-electron chi connectivity index (χ1n) is 7.84. The number of hydrogen-bond acceptors (Lipinski definition) is 5. The molecule has 1 aromatic rings. The van der Waals surface area contributed by atoms with Crippen LogP contribution < -0.4 is 4.90 Å². The first-order chi connectivity index (χ1) is 11.1. The molecule has 0 radical (unpaired) electrons. The molecule has 7 heteroatoms. The van der Waals surface area contributed by atoms with E-state index in [1.165, 1.54) is 0 Å². The Morgan fingerprint density at radius 1 is 1.43 bits per heavy atom. The van der Waals surface area contributed by atoms with Crippen LogP contribution in [0.2, 0.25) is 0 Å². The maximum atomic E-state index is 14.0. The number of nitro benzene ring substituents is 1. The lowest BCUT2D eigenvalue weighted by Gasteiger charge is -2.37. The van der Waals surface area contributed by atoms with Crippen LogP contribution in [0.3, 0.4) is 0 Å². The number of rotatable bonds is 6. The Balaban J connectivity index is 2.35. The Morgan fingerprint density at radius 2 is 2.22 bits per heavy atom. The number of halogens is 1. The molecule has 1 fully saturated rings. The molecular formula is C16H20FN3O3. The summed E-state index contributed by atoms with van der Waals surface area (Å²) in [6.07, 6.45) is 5.14. The summed E-state index contributed by atoms with van der Waals surface area (Å²) in [5.74, 6) is -0.729. The van der Waals surface area contributed by atoms with Gasteiger partial charge in [0.2, 0.25) is 0 Å². The second-order valence-corrected chi connectivity index (χ2v) is 5.75. The topological polar surface area (TPSA) is 90.4 Å². The van der Waals surface area contributed by atoms with Gasteiger partial charge in [0.15, 0.2) is 0 Å². The van der Waals surface area contributed by atoms with Crippen molar-refractivity contribution in [3.05, 3.63) is 33.6 Å². The molecule has 0 spiro atoms. The molecular weight excluding hydrogens is 301 g/mol. The Kier molecular flexibility index (Phi) is 5.88. The van der Waals surface area contributed by atoms with Crippen molar-refractivity contribution in [3.63, 3.8) is 0 Å². The summed E-state index contributed by atoms with van der Waals surface area (Å²) in [5, 5.41) is 29.1. The predicted octanol–water partition coefficient (Wildman–Crippen LogP) is 3.13. The molecule has 0 amide bonds. The largest absolute Gasteiger partial charge is 0.396 e. The summed E-state index contributed by atoms with van der Waals surface area (Å²) in [7, 11) is 0. The van der Waals surface area contributed by atoms with Gasteiger partial charge in [-0.1, -0.05) is 0 Å². The fourth-order valence-corrected chi connectivity index (χ4v) is 3.12. The minimum absolute atomic E-state index is 0.0985.